The first-order valence-corrected chi connectivity index (χ1v) is 33.4. The van der Waals surface area contributed by atoms with Gasteiger partial charge in [-0.3, -0.25) is 0 Å². The number of thiazole rings is 1. The van der Waals surface area contributed by atoms with Gasteiger partial charge >= 0.3 is 0 Å². The van der Waals surface area contributed by atoms with E-state index in [1.54, 1.807) is 59.0 Å². The fraction of sp³-hybridized carbons (Fsp3) is 0.435. The minimum Gasteiger partial charge on any atom is -0.507 e. The average molecular weight is 1330 g/mol. The van der Waals surface area contributed by atoms with Crippen molar-refractivity contribution in [3.8, 4) is 72.8 Å². The van der Waals surface area contributed by atoms with Gasteiger partial charge in [0.1, 0.15) is 33.8 Å². The fourth-order valence-electron chi connectivity index (χ4n) is 15.1. The SMILES string of the molecule is Cc1ccnn1-c1ccc(-c2cc3nnn(C4CC(C)(C)NC(C)(C)C4)c3nn2)c(O)c1.Cc1cnn(-c2ccc(-c3cc4nnn(C5CC(C)(C)NC(C)(C)C5)c4nn3)c(O)c2)c1.Cc1nc(F)c(-c2ccc(-c3cc4nnn(C5CC(C)(C)NC(C)(C)C5)c4nn3)c(O)c2)s1. The average Bonchev–Trinajstić information content (AvgIpc) is 1.72. The van der Waals surface area contributed by atoms with Crippen molar-refractivity contribution in [2.24, 2.45) is 0 Å². The molecule has 3 fully saturated rings. The molecule has 0 saturated carbocycles. The highest BCUT2D eigenvalue weighted by atomic mass is 32.1. The Hall–Kier alpha value is -9.64. The van der Waals surface area contributed by atoms with Crippen molar-refractivity contribution in [3.63, 3.8) is 0 Å². The van der Waals surface area contributed by atoms with Crippen molar-refractivity contribution in [2.45, 2.75) is 194 Å². The van der Waals surface area contributed by atoms with E-state index in [1.807, 2.05) is 76.6 Å². The second-order valence-electron chi connectivity index (χ2n) is 30.1. The van der Waals surface area contributed by atoms with Crippen molar-refractivity contribution in [1.29, 1.82) is 0 Å². The minimum atomic E-state index is -0.535. The van der Waals surface area contributed by atoms with Crippen LogP contribution in [0.2, 0.25) is 0 Å². The Morgan fingerprint density at radius 1 is 0.464 bits per heavy atom. The number of nitrogens with one attached hydrogen (secondary N) is 3. The number of phenolic OH excluding ortho intramolecular Hbond substituents is 3. The number of aryl methyl sites for hydroxylation is 3. The summed E-state index contributed by atoms with van der Waals surface area (Å²) in [6.07, 6.45) is 10.9. The van der Waals surface area contributed by atoms with E-state index < -0.39 is 5.95 Å². The smallest absolute Gasteiger partial charge is 0.231 e. The zero-order valence-electron chi connectivity index (χ0n) is 57.3. The van der Waals surface area contributed by atoms with Crippen LogP contribution in [0.5, 0.6) is 17.2 Å². The predicted octanol–water partition coefficient (Wildman–Crippen LogP) is 11.8. The molecule has 3 aliphatic heterocycles. The maximum Gasteiger partial charge on any atom is 0.231 e. The van der Waals surface area contributed by atoms with Crippen LogP contribution in [0.3, 0.4) is 0 Å². The maximum atomic E-state index is 14.1. The third-order valence-corrected chi connectivity index (χ3v) is 19.0. The number of nitrogens with zero attached hydrogens (tertiary/aromatic N) is 20. The van der Waals surface area contributed by atoms with Gasteiger partial charge in [-0.15, -0.1) is 57.2 Å². The molecular weight excluding hydrogens is 1250 g/mol. The Kier molecular flexibility index (Phi) is 16.6. The number of benzene rings is 3. The van der Waals surface area contributed by atoms with Crippen LogP contribution < -0.4 is 16.0 Å². The summed E-state index contributed by atoms with van der Waals surface area (Å²) < 4.78 is 23.2. The predicted molar refractivity (Wildman–Crippen MR) is 369 cm³/mol. The van der Waals surface area contributed by atoms with Gasteiger partial charge < -0.3 is 31.3 Å². The fourth-order valence-corrected chi connectivity index (χ4v) is 15.9. The Balaban J connectivity index is 0.000000131. The molecule has 26 nitrogen and oxygen atoms in total. The molecule has 0 bridgehead atoms. The Morgan fingerprint density at radius 2 is 0.856 bits per heavy atom. The van der Waals surface area contributed by atoms with Crippen LogP contribution in [0.25, 0.3) is 89.1 Å². The number of phenols is 3. The van der Waals surface area contributed by atoms with Crippen LogP contribution in [-0.2, 0) is 0 Å². The van der Waals surface area contributed by atoms with Crippen molar-refractivity contribution < 1.29 is 19.7 Å². The molecule has 0 unspecified atom stereocenters. The number of piperidine rings is 3. The van der Waals surface area contributed by atoms with Gasteiger partial charge in [0.25, 0.3) is 0 Å². The topological polar surface area (TPSA) is 315 Å². The summed E-state index contributed by atoms with van der Waals surface area (Å²) in [5.74, 6) is -0.327. The molecule has 28 heteroatoms. The van der Waals surface area contributed by atoms with Gasteiger partial charge in [0, 0.05) is 85.7 Å². The molecule has 9 aromatic heterocycles. The summed E-state index contributed by atoms with van der Waals surface area (Å²) in [4.78, 5) is 4.21. The van der Waals surface area contributed by atoms with E-state index in [0.717, 1.165) is 61.2 Å². The second-order valence-corrected chi connectivity index (χ2v) is 31.3. The van der Waals surface area contributed by atoms with Gasteiger partial charge in [0.15, 0.2) is 0 Å². The molecule has 15 rings (SSSR count). The number of hydrogen-bond donors (Lipinski definition) is 6. The van der Waals surface area contributed by atoms with Crippen molar-refractivity contribution >= 4 is 44.8 Å². The van der Waals surface area contributed by atoms with Gasteiger partial charge in [0.05, 0.1) is 62.7 Å². The minimum absolute atomic E-state index is 0.0131. The number of fused-ring (bicyclic) bond motifs is 3. The largest absolute Gasteiger partial charge is 0.507 e. The van der Waals surface area contributed by atoms with E-state index in [2.05, 4.69) is 176 Å². The van der Waals surface area contributed by atoms with E-state index in [-0.39, 0.29) is 68.6 Å². The van der Waals surface area contributed by atoms with E-state index in [9.17, 15) is 19.7 Å². The molecule has 6 N–H and O–H groups in total. The summed E-state index contributed by atoms with van der Waals surface area (Å²) in [5, 5.41) is 105. The highest BCUT2D eigenvalue weighted by Gasteiger charge is 2.42. The Labute approximate surface area is 564 Å². The maximum absolute atomic E-state index is 14.1. The molecule has 12 heterocycles. The van der Waals surface area contributed by atoms with Crippen LogP contribution in [0, 0.1) is 26.7 Å². The van der Waals surface area contributed by atoms with Crippen molar-refractivity contribution in [2.75, 3.05) is 0 Å². The van der Waals surface area contributed by atoms with E-state index in [0.29, 0.717) is 82.7 Å². The quantitative estimate of drug-likeness (QED) is 0.0782. The first-order valence-electron chi connectivity index (χ1n) is 32.5. The lowest BCUT2D eigenvalue weighted by atomic mass is 9.79. The van der Waals surface area contributed by atoms with Gasteiger partial charge in [-0.25, -0.2) is 28.4 Å². The molecule has 0 atom stereocenters. The first kappa shape index (κ1) is 66.0. The second kappa shape index (κ2) is 24.5. The highest BCUT2D eigenvalue weighted by molar-refractivity contribution is 7.15. The molecule has 3 aliphatic rings. The monoisotopic (exact) mass is 1330 g/mol. The Morgan fingerprint density at radius 3 is 1.21 bits per heavy atom. The molecule has 97 heavy (non-hydrogen) atoms. The molecule has 504 valence electrons. The van der Waals surface area contributed by atoms with Crippen molar-refractivity contribution in [1.82, 2.24) is 116 Å². The zero-order valence-corrected chi connectivity index (χ0v) is 58.1. The van der Waals surface area contributed by atoms with E-state index in [4.69, 9.17) is 0 Å². The molecule has 0 aliphatic carbocycles. The molecule has 12 aromatic rings. The molecule has 0 radical (unpaired) electrons. The molecule has 3 saturated heterocycles. The summed E-state index contributed by atoms with van der Waals surface area (Å²) in [6.45, 7) is 32.1. The van der Waals surface area contributed by atoms with Crippen LogP contribution in [0.1, 0.15) is 156 Å². The van der Waals surface area contributed by atoms with Gasteiger partial charge in [-0.05, 0) is 209 Å². The van der Waals surface area contributed by atoms with Gasteiger partial charge in [-0.2, -0.15) is 14.6 Å². The lowest BCUT2D eigenvalue weighted by Gasteiger charge is -2.46. The lowest BCUT2D eigenvalue weighted by Crippen LogP contribution is -2.58. The molecule has 0 spiro atoms. The summed E-state index contributed by atoms with van der Waals surface area (Å²) in [5.41, 5.74) is 11.2. The number of rotatable bonds is 9. The molecule has 0 amide bonds. The van der Waals surface area contributed by atoms with E-state index in [1.165, 1.54) is 17.4 Å². The van der Waals surface area contributed by atoms with Crippen LogP contribution >= 0.6 is 11.3 Å². The lowest BCUT2D eigenvalue weighted by molar-refractivity contribution is 0.126. The van der Waals surface area contributed by atoms with Gasteiger partial charge in [-0.1, -0.05) is 21.7 Å². The Bertz CT molecular complexity index is 4890. The summed E-state index contributed by atoms with van der Waals surface area (Å²) in [6, 6.07) is 23.6. The summed E-state index contributed by atoms with van der Waals surface area (Å²) in [7, 11) is 0. The molecule has 3 aromatic carbocycles. The number of aromatic hydroxyl groups is 3. The third kappa shape index (κ3) is 13.9. The number of aromatic nitrogens is 20. The third-order valence-electron chi connectivity index (χ3n) is 18.0. The van der Waals surface area contributed by atoms with Gasteiger partial charge in [0.2, 0.25) is 22.9 Å². The molecular formula is C69H82FN23O3S. The highest BCUT2D eigenvalue weighted by Crippen LogP contribution is 2.42. The first-order chi connectivity index (χ1) is 45.7. The number of hydrogen-bond acceptors (Lipinski definition) is 22. The standard InChI is InChI=1S/C23H26FN7OS.2C23H28N8O/c1-12-25-20(24)19(33-12)13-6-7-15(18(32)8-13)16-9-17-21(28-26-16)31(30-27-17)14-10-22(2,3)29-23(4,5)11-14;1-14-12-24-30(13-14)15-6-7-17(20(32)8-15)18-9-19-21(27-25-18)31(29-26-19)16-10-22(2,3)28-23(4,5)11-16;1-14-8-9-24-30(14)15-6-7-17(20(32)10-15)18-11-19-21(27-25-18)31(29-26-19)16-12-22(2,3)28-23(4,5)13-16/h6-9,14,29,32H,10-11H2,1-5H3;6-9,12-13,16,28,32H,10-11H2,1-5H3;6-11,16,28,32H,12-13H2,1-5H3. The zero-order chi connectivity index (χ0) is 68.9. The van der Waals surface area contributed by atoms with E-state index >= 15 is 0 Å². The summed E-state index contributed by atoms with van der Waals surface area (Å²) >= 11 is 1.24. The van der Waals surface area contributed by atoms with Crippen LogP contribution in [-0.4, -0.2) is 149 Å². The van der Waals surface area contributed by atoms with Crippen LogP contribution in [0.15, 0.2) is 97.5 Å². The van der Waals surface area contributed by atoms with Crippen molar-refractivity contribution in [3.05, 3.63) is 120 Å². The normalized spacial score (nSPS) is 18.2. The van der Waals surface area contributed by atoms with Crippen LogP contribution in [0.4, 0.5) is 4.39 Å². The number of halogens is 1.